The third-order valence-electron chi connectivity index (χ3n) is 16.4. The first-order valence-corrected chi connectivity index (χ1v) is 32.6. The molecule has 10 rings (SSSR count). The Bertz CT molecular complexity index is 2420. The Labute approximate surface area is 358 Å². The van der Waals surface area contributed by atoms with Crippen LogP contribution in [0.25, 0.3) is 22.3 Å². The molecule has 5 aliphatic heterocycles. The van der Waals surface area contributed by atoms with Crippen LogP contribution in [0.3, 0.4) is 0 Å². The van der Waals surface area contributed by atoms with Crippen LogP contribution in [0.1, 0.15) is 83.4 Å². The van der Waals surface area contributed by atoms with Gasteiger partial charge in [0.2, 0.25) is 0 Å². The van der Waals surface area contributed by atoms with Gasteiger partial charge in [0.15, 0.2) is 0 Å². The Kier molecular flexibility index (Phi) is 8.69. The summed E-state index contributed by atoms with van der Waals surface area (Å²) in [5, 5.41) is 3.26. The SMILES string of the molecule is CC1(C)CC[Si](C)(C)c2ccc(-c3cccc4c3Oc3cc(C5C[Si](C)(C)CCC5(C)C)cc5c3B4c3cccc(-c4ccc6c(c4)C(C)(C)CC[Si]6(C)C)c3O5)cc21. The molecule has 1 saturated heterocycles. The van der Waals surface area contributed by atoms with Crippen molar-refractivity contribution in [2.75, 3.05) is 0 Å². The molecule has 0 spiro atoms. The van der Waals surface area contributed by atoms with E-state index < -0.39 is 24.2 Å². The van der Waals surface area contributed by atoms with Crippen molar-refractivity contribution < 1.29 is 9.47 Å². The molecule has 1 unspecified atom stereocenters. The van der Waals surface area contributed by atoms with E-state index in [2.05, 4.69) is 166 Å². The summed E-state index contributed by atoms with van der Waals surface area (Å²) in [6.45, 7) is 30.2. The van der Waals surface area contributed by atoms with Crippen molar-refractivity contribution in [3.63, 3.8) is 0 Å². The first-order chi connectivity index (χ1) is 27.7. The quantitative estimate of drug-likeness (QED) is 0.165. The van der Waals surface area contributed by atoms with Gasteiger partial charge in [-0.3, -0.25) is 0 Å². The van der Waals surface area contributed by atoms with Gasteiger partial charge in [0, 0.05) is 24.7 Å². The molecule has 6 heteroatoms. The lowest BCUT2D eigenvalue weighted by atomic mass is 9.34. The molecule has 1 atom stereocenters. The lowest BCUT2D eigenvalue weighted by Crippen LogP contribution is -2.57. The van der Waals surface area contributed by atoms with Crippen molar-refractivity contribution in [3.8, 4) is 45.3 Å². The fourth-order valence-electron chi connectivity index (χ4n) is 12.1. The summed E-state index contributed by atoms with van der Waals surface area (Å²) >= 11 is 0. The smallest absolute Gasteiger partial charge is 0.260 e. The van der Waals surface area contributed by atoms with E-state index in [0.29, 0.717) is 5.92 Å². The van der Waals surface area contributed by atoms with Gasteiger partial charge in [-0.1, -0.05) is 188 Å². The average molecular weight is 829 g/mol. The van der Waals surface area contributed by atoms with Crippen LogP contribution in [-0.4, -0.2) is 30.9 Å². The Morgan fingerprint density at radius 3 is 1.51 bits per heavy atom. The number of benzene rings is 5. The monoisotopic (exact) mass is 828 g/mol. The standard InChI is InChI=1S/C53H65BO2Si3/c1-51(2)24-27-58(9,10)46-21-19-34(29-39(46)51)37-15-13-17-42-49(37)55-44-31-36(41-33-57(7,8)26-23-53(41,5)6)32-45-48(44)54(42)43-18-14-16-38(50(43)56-45)35-20-22-47-40(30-35)52(3,4)25-28-59(47,11)12/h13-22,29-32,41H,23-28,33H2,1-12H3. The van der Waals surface area contributed by atoms with Gasteiger partial charge < -0.3 is 9.47 Å². The van der Waals surface area contributed by atoms with Gasteiger partial charge in [0.05, 0.1) is 16.1 Å². The Morgan fingerprint density at radius 1 is 0.559 bits per heavy atom. The van der Waals surface area contributed by atoms with E-state index in [9.17, 15) is 0 Å². The predicted octanol–water partition coefficient (Wildman–Crippen LogP) is 12.2. The molecule has 0 aliphatic carbocycles. The van der Waals surface area contributed by atoms with E-state index in [4.69, 9.17) is 9.47 Å². The summed E-state index contributed by atoms with van der Waals surface area (Å²) in [6, 6.07) is 38.9. The van der Waals surface area contributed by atoms with Crippen LogP contribution in [0.2, 0.25) is 63.5 Å². The zero-order valence-corrected chi connectivity index (χ0v) is 41.0. The molecule has 5 aliphatic rings. The predicted molar refractivity (Wildman–Crippen MR) is 262 cm³/mol. The number of para-hydroxylation sites is 2. The normalized spacial score (nSPS) is 23.0. The van der Waals surface area contributed by atoms with Crippen LogP contribution in [0.4, 0.5) is 0 Å². The highest BCUT2D eigenvalue weighted by Gasteiger charge is 2.46. The fraction of sp³-hybridized carbons (Fsp3) is 0.434. The second-order valence-corrected chi connectivity index (χ2v) is 38.3. The number of fused-ring (bicyclic) bond motifs is 6. The molecule has 0 saturated carbocycles. The summed E-state index contributed by atoms with van der Waals surface area (Å²) in [5.74, 6) is 4.44. The maximum absolute atomic E-state index is 7.38. The van der Waals surface area contributed by atoms with Crippen LogP contribution in [0, 0.1) is 5.41 Å². The van der Waals surface area contributed by atoms with Crippen molar-refractivity contribution in [2.45, 2.75) is 141 Å². The summed E-state index contributed by atoms with van der Waals surface area (Å²) in [5.41, 5.74) is 13.6. The zero-order chi connectivity index (χ0) is 41.7. The molecular formula is C53H65BO2Si3. The second-order valence-electron chi connectivity index (χ2n) is 23.5. The third-order valence-corrected chi connectivity index (χ3v) is 26.3. The molecule has 5 aromatic carbocycles. The van der Waals surface area contributed by atoms with E-state index in [-0.39, 0.29) is 23.0 Å². The molecule has 0 amide bonds. The van der Waals surface area contributed by atoms with Crippen molar-refractivity contribution in [1.29, 1.82) is 0 Å². The molecule has 5 heterocycles. The average Bonchev–Trinajstić information content (AvgIpc) is 3.18. The van der Waals surface area contributed by atoms with Crippen molar-refractivity contribution in [1.82, 2.24) is 0 Å². The van der Waals surface area contributed by atoms with Crippen molar-refractivity contribution in [2.24, 2.45) is 5.41 Å². The molecule has 304 valence electrons. The van der Waals surface area contributed by atoms with Crippen LogP contribution in [0.5, 0.6) is 23.0 Å². The van der Waals surface area contributed by atoms with E-state index in [1.54, 1.807) is 21.5 Å². The minimum atomic E-state index is -1.50. The van der Waals surface area contributed by atoms with Crippen LogP contribution < -0.4 is 36.2 Å². The maximum Gasteiger partial charge on any atom is 0.260 e. The topological polar surface area (TPSA) is 18.5 Å². The van der Waals surface area contributed by atoms with Gasteiger partial charge in [-0.2, -0.15) is 0 Å². The van der Waals surface area contributed by atoms with Crippen molar-refractivity contribution in [3.05, 3.63) is 102 Å². The first kappa shape index (κ1) is 39.5. The largest absolute Gasteiger partial charge is 0.458 e. The Hall–Kier alpha value is -3.58. The van der Waals surface area contributed by atoms with Crippen molar-refractivity contribution >= 4 is 57.7 Å². The summed E-state index contributed by atoms with van der Waals surface area (Å²) < 4.78 is 14.8. The summed E-state index contributed by atoms with van der Waals surface area (Å²) in [7, 11) is -4.35. The number of hydrogen-bond acceptors (Lipinski definition) is 2. The maximum atomic E-state index is 7.38. The summed E-state index contributed by atoms with van der Waals surface area (Å²) in [6.07, 6.45) is 3.78. The molecule has 2 nitrogen and oxygen atoms in total. The van der Waals surface area contributed by atoms with Gasteiger partial charge in [0.1, 0.15) is 23.0 Å². The zero-order valence-electron chi connectivity index (χ0n) is 38.0. The fourth-order valence-corrected chi connectivity index (χ4v) is 21.9. The molecule has 0 N–H and O–H groups in total. The molecular weight excluding hydrogens is 764 g/mol. The van der Waals surface area contributed by atoms with Crippen LogP contribution in [-0.2, 0) is 10.8 Å². The lowest BCUT2D eigenvalue weighted by Gasteiger charge is -2.46. The number of rotatable bonds is 3. The molecule has 5 aromatic rings. The second kappa shape index (κ2) is 13.0. The Morgan fingerprint density at radius 2 is 1.03 bits per heavy atom. The number of ether oxygens (including phenoxy) is 2. The van der Waals surface area contributed by atoms with Crippen LogP contribution in [0.15, 0.2) is 84.9 Å². The molecule has 0 bridgehead atoms. The third kappa shape index (κ3) is 6.27. The van der Waals surface area contributed by atoms with Gasteiger partial charge in [-0.05, 0) is 92.3 Å². The molecule has 59 heavy (non-hydrogen) atoms. The van der Waals surface area contributed by atoms with Gasteiger partial charge in [-0.15, -0.1) is 0 Å². The van der Waals surface area contributed by atoms with Gasteiger partial charge >= 0.3 is 0 Å². The lowest BCUT2D eigenvalue weighted by molar-refractivity contribution is 0.271. The number of hydrogen-bond donors (Lipinski definition) is 0. The van der Waals surface area contributed by atoms with E-state index in [1.165, 1.54) is 87.6 Å². The van der Waals surface area contributed by atoms with Crippen LogP contribution >= 0.6 is 0 Å². The highest BCUT2D eigenvalue weighted by atomic mass is 28.3. The highest BCUT2D eigenvalue weighted by molar-refractivity contribution is 6.98. The van der Waals surface area contributed by atoms with Gasteiger partial charge in [0.25, 0.3) is 6.71 Å². The molecule has 0 radical (unpaired) electrons. The minimum Gasteiger partial charge on any atom is -0.458 e. The highest BCUT2D eigenvalue weighted by Crippen LogP contribution is 2.53. The van der Waals surface area contributed by atoms with E-state index >= 15 is 0 Å². The summed E-state index contributed by atoms with van der Waals surface area (Å²) in [4.78, 5) is 0. The molecule has 1 fully saturated rings. The minimum absolute atomic E-state index is 0.00690. The first-order valence-electron chi connectivity index (χ1n) is 22.8. The van der Waals surface area contributed by atoms with E-state index in [0.717, 1.165) is 23.0 Å². The Balaban J connectivity index is 1.19. The van der Waals surface area contributed by atoms with E-state index in [1.807, 2.05) is 0 Å². The molecule has 0 aromatic heterocycles. The van der Waals surface area contributed by atoms with Gasteiger partial charge in [-0.25, -0.2) is 0 Å².